The lowest BCUT2D eigenvalue weighted by molar-refractivity contribution is -0.123. The van der Waals surface area contributed by atoms with Crippen molar-refractivity contribution in [2.24, 2.45) is 0 Å². The van der Waals surface area contributed by atoms with Crippen LogP contribution < -0.4 is 10.6 Å². The number of nitrogens with one attached hydrogen (secondary N) is 2. The van der Waals surface area contributed by atoms with Crippen molar-refractivity contribution in [2.45, 2.75) is 58.2 Å². The van der Waals surface area contributed by atoms with Gasteiger partial charge in [0.05, 0.1) is 6.04 Å². The Morgan fingerprint density at radius 3 is 2.81 bits per heavy atom. The van der Waals surface area contributed by atoms with E-state index in [1.807, 2.05) is 18.7 Å². The first-order chi connectivity index (χ1) is 7.63. The van der Waals surface area contributed by atoms with Crippen LogP contribution in [0.3, 0.4) is 0 Å². The van der Waals surface area contributed by atoms with E-state index in [2.05, 4.69) is 24.5 Å². The quantitative estimate of drug-likeness (QED) is 0.748. The van der Waals surface area contributed by atoms with Crippen LogP contribution in [-0.2, 0) is 4.79 Å². The first-order valence-electron chi connectivity index (χ1n) is 6.27. The zero-order chi connectivity index (χ0) is 12.0. The lowest BCUT2D eigenvalue weighted by atomic mass is 10.1. The summed E-state index contributed by atoms with van der Waals surface area (Å²) in [6.45, 7) is 6.16. The number of amides is 1. The molecule has 3 unspecified atom stereocenters. The van der Waals surface area contributed by atoms with E-state index in [4.69, 9.17) is 0 Å². The average Bonchev–Trinajstić information content (AvgIpc) is 2.70. The van der Waals surface area contributed by atoms with Gasteiger partial charge in [0.15, 0.2) is 0 Å². The summed E-state index contributed by atoms with van der Waals surface area (Å²) < 4.78 is 0. The molecule has 0 aromatic heterocycles. The zero-order valence-corrected chi connectivity index (χ0v) is 11.4. The van der Waals surface area contributed by atoms with Crippen LogP contribution in [0.4, 0.5) is 0 Å². The average molecular weight is 244 g/mol. The maximum Gasteiger partial charge on any atom is 0.237 e. The molecule has 1 rings (SSSR count). The number of hydrogen-bond donors (Lipinski definition) is 2. The molecule has 1 aliphatic heterocycles. The number of hydrogen-bond acceptors (Lipinski definition) is 3. The summed E-state index contributed by atoms with van der Waals surface area (Å²) in [6, 6.07) is 0.745. The molecule has 0 aliphatic carbocycles. The van der Waals surface area contributed by atoms with Gasteiger partial charge in [-0.25, -0.2) is 0 Å². The smallest absolute Gasteiger partial charge is 0.237 e. The van der Waals surface area contributed by atoms with Gasteiger partial charge in [-0.05, 0) is 32.4 Å². The number of carbonyl (C=O) groups is 1. The highest BCUT2D eigenvalue weighted by Crippen LogP contribution is 2.17. The van der Waals surface area contributed by atoms with Crippen molar-refractivity contribution in [3.8, 4) is 0 Å². The molecule has 0 aromatic carbocycles. The molecular weight excluding hydrogens is 220 g/mol. The molecule has 1 amide bonds. The molecule has 1 heterocycles. The van der Waals surface area contributed by atoms with Crippen LogP contribution in [0.25, 0.3) is 0 Å². The van der Waals surface area contributed by atoms with Gasteiger partial charge in [-0.1, -0.05) is 13.3 Å². The van der Waals surface area contributed by atoms with Crippen molar-refractivity contribution in [1.29, 1.82) is 0 Å². The number of thioether (sulfide) groups is 1. The highest BCUT2D eigenvalue weighted by molar-refractivity contribution is 7.99. The Balaban J connectivity index is 2.23. The van der Waals surface area contributed by atoms with Crippen LogP contribution in [0.1, 0.15) is 40.0 Å². The third-order valence-corrected chi connectivity index (χ3v) is 4.08. The van der Waals surface area contributed by atoms with Crippen molar-refractivity contribution in [3.05, 3.63) is 0 Å². The summed E-state index contributed by atoms with van der Waals surface area (Å²) in [5.41, 5.74) is 0. The molecule has 16 heavy (non-hydrogen) atoms. The summed E-state index contributed by atoms with van der Waals surface area (Å²) in [5, 5.41) is 6.44. The van der Waals surface area contributed by atoms with Gasteiger partial charge < -0.3 is 10.6 Å². The zero-order valence-electron chi connectivity index (χ0n) is 10.6. The van der Waals surface area contributed by atoms with E-state index in [0.717, 1.165) is 18.6 Å². The molecule has 4 heteroatoms. The SMILES string of the molecule is CCCC(C)NC(=O)C(C)NC1CCSC1. The fraction of sp³-hybridized carbons (Fsp3) is 0.917. The second kappa shape index (κ2) is 7.17. The summed E-state index contributed by atoms with van der Waals surface area (Å²) >= 11 is 1.96. The van der Waals surface area contributed by atoms with Crippen molar-refractivity contribution in [3.63, 3.8) is 0 Å². The third kappa shape index (κ3) is 4.74. The van der Waals surface area contributed by atoms with Crippen LogP contribution in [0.5, 0.6) is 0 Å². The van der Waals surface area contributed by atoms with Crippen molar-refractivity contribution < 1.29 is 4.79 Å². The molecule has 0 bridgehead atoms. The summed E-state index contributed by atoms with van der Waals surface area (Å²) in [4.78, 5) is 11.8. The van der Waals surface area contributed by atoms with Gasteiger partial charge in [-0.2, -0.15) is 11.8 Å². The number of rotatable bonds is 6. The topological polar surface area (TPSA) is 41.1 Å². The van der Waals surface area contributed by atoms with Gasteiger partial charge in [-0.15, -0.1) is 0 Å². The second-order valence-corrected chi connectivity index (χ2v) is 5.80. The first kappa shape index (κ1) is 13.8. The minimum Gasteiger partial charge on any atom is -0.352 e. The molecule has 1 aliphatic rings. The monoisotopic (exact) mass is 244 g/mol. The van der Waals surface area contributed by atoms with Crippen LogP contribution in [0.2, 0.25) is 0 Å². The lowest BCUT2D eigenvalue weighted by Gasteiger charge is -2.20. The second-order valence-electron chi connectivity index (χ2n) is 4.65. The van der Waals surface area contributed by atoms with Crippen LogP contribution in [0, 0.1) is 0 Å². The molecule has 1 saturated heterocycles. The van der Waals surface area contributed by atoms with Crippen molar-refractivity contribution in [1.82, 2.24) is 10.6 Å². The number of carbonyl (C=O) groups excluding carboxylic acids is 1. The van der Waals surface area contributed by atoms with Crippen LogP contribution >= 0.6 is 11.8 Å². The van der Waals surface area contributed by atoms with Gasteiger partial charge >= 0.3 is 0 Å². The Kier molecular flexibility index (Phi) is 6.21. The fourth-order valence-corrected chi connectivity index (χ4v) is 3.13. The third-order valence-electron chi connectivity index (χ3n) is 2.92. The van der Waals surface area contributed by atoms with E-state index >= 15 is 0 Å². The van der Waals surface area contributed by atoms with E-state index < -0.39 is 0 Å². The van der Waals surface area contributed by atoms with E-state index in [-0.39, 0.29) is 11.9 Å². The Labute approximate surface area is 103 Å². The highest BCUT2D eigenvalue weighted by Gasteiger charge is 2.21. The molecular formula is C12H24N2OS. The first-order valence-corrected chi connectivity index (χ1v) is 7.43. The van der Waals surface area contributed by atoms with E-state index in [0.29, 0.717) is 12.1 Å². The Morgan fingerprint density at radius 1 is 1.50 bits per heavy atom. The van der Waals surface area contributed by atoms with Gasteiger partial charge in [0.2, 0.25) is 5.91 Å². The Morgan fingerprint density at radius 2 is 2.25 bits per heavy atom. The largest absolute Gasteiger partial charge is 0.352 e. The molecule has 94 valence electrons. The van der Waals surface area contributed by atoms with Crippen LogP contribution in [-0.4, -0.2) is 35.5 Å². The molecule has 2 N–H and O–H groups in total. The summed E-state index contributed by atoms with van der Waals surface area (Å²) in [6.07, 6.45) is 3.35. The maximum atomic E-state index is 11.8. The minimum absolute atomic E-state index is 0.0667. The predicted octanol–water partition coefficient (Wildman–Crippen LogP) is 1.77. The molecule has 0 saturated carbocycles. The van der Waals surface area contributed by atoms with Crippen molar-refractivity contribution in [2.75, 3.05) is 11.5 Å². The van der Waals surface area contributed by atoms with Gasteiger partial charge in [0.1, 0.15) is 0 Å². The predicted molar refractivity (Wildman–Crippen MR) is 70.8 cm³/mol. The lowest BCUT2D eigenvalue weighted by Crippen LogP contribution is -2.48. The van der Waals surface area contributed by atoms with E-state index in [9.17, 15) is 4.79 Å². The van der Waals surface area contributed by atoms with Gasteiger partial charge in [0.25, 0.3) is 0 Å². The van der Waals surface area contributed by atoms with E-state index in [1.165, 1.54) is 12.2 Å². The van der Waals surface area contributed by atoms with Gasteiger partial charge in [-0.3, -0.25) is 4.79 Å². The fourth-order valence-electron chi connectivity index (χ4n) is 1.97. The highest BCUT2D eigenvalue weighted by atomic mass is 32.2. The van der Waals surface area contributed by atoms with E-state index in [1.54, 1.807) is 0 Å². The van der Waals surface area contributed by atoms with Crippen LogP contribution in [0.15, 0.2) is 0 Å². The molecule has 0 aromatic rings. The summed E-state index contributed by atoms with van der Waals surface area (Å²) in [7, 11) is 0. The van der Waals surface area contributed by atoms with Crippen molar-refractivity contribution >= 4 is 17.7 Å². The molecule has 3 atom stereocenters. The minimum atomic E-state index is -0.0667. The maximum absolute atomic E-state index is 11.8. The Hall–Kier alpha value is -0.220. The molecule has 0 radical (unpaired) electrons. The normalized spacial score (nSPS) is 24.1. The summed E-state index contributed by atoms with van der Waals surface area (Å²) in [5.74, 6) is 2.50. The Bertz CT molecular complexity index is 217. The van der Waals surface area contributed by atoms with Gasteiger partial charge in [0, 0.05) is 17.8 Å². The standard InChI is InChI=1S/C12H24N2OS/c1-4-5-9(2)13-12(15)10(3)14-11-6-7-16-8-11/h9-11,14H,4-8H2,1-3H3,(H,13,15). The molecule has 1 fully saturated rings. The molecule has 0 spiro atoms. The molecule has 3 nitrogen and oxygen atoms in total.